The van der Waals surface area contributed by atoms with Crippen molar-refractivity contribution in [3.05, 3.63) is 53.8 Å². The lowest BCUT2D eigenvalue weighted by molar-refractivity contribution is -0.121. The van der Waals surface area contributed by atoms with E-state index in [1.807, 2.05) is 0 Å². The van der Waals surface area contributed by atoms with Gasteiger partial charge in [-0.2, -0.15) is 0 Å². The van der Waals surface area contributed by atoms with E-state index in [2.05, 4.69) is 16.2 Å². The Balaban J connectivity index is 1.85. The van der Waals surface area contributed by atoms with Crippen LogP contribution in [-0.2, 0) is 11.2 Å². The van der Waals surface area contributed by atoms with Gasteiger partial charge in [0.05, 0.1) is 20.6 Å². The van der Waals surface area contributed by atoms with Gasteiger partial charge in [0.1, 0.15) is 5.82 Å². The minimum Gasteiger partial charge on any atom is -0.493 e. The Morgan fingerprint density at radius 1 is 1.00 bits per heavy atom. The van der Waals surface area contributed by atoms with Gasteiger partial charge in [0.25, 0.3) is 0 Å². The summed E-state index contributed by atoms with van der Waals surface area (Å²) in [5.41, 5.74) is 5.41. The first-order chi connectivity index (χ1) is 12.0. The number of carbonyl (C=O) groups excluding carboxylic acids is 2. The standard InChI is InChI=1S/C17H18FN3O4/c1-24-14-7-6-11(8-15(14)25-2)9-16(22)20-21-17(23)19-13-5-3-4-12(18)10-13/h3-8,10H,9H2,1-2H3,(H,20,22)(H2,19,21,23). The number of hydrogen-bond acceptors (Lipinski definition) is 4. The molecule has 3 N–H and O–H groups in total. The highest BCUT2D eigenvalue weighted by Gasteiger charge is 2.09. The van der Waals surface area contributed by atoms with Crippen LogP contribution in [0.4, 0.5) is 14.9 Å². The van der Waals surface area contributed by atoms with E-state index in [-0.39, 0.29) is 12.1 Å². The van der Waals surface area contributed by atoms with E-state index in [4.69, 9.17) is 9.47 Å². The number of carbonyl (C=O) groups is 2. The molecular weight excluding hydrogens is 329 g/mol. The maximum atomic E-state index is 13.0. The van der Waals surface area contributed by atoms with E-state index in [0.29, 0.717) is 17.1 Å². The maximum absolute atomic E-state index is 13.0. The molecule has 0 saturated carbocycles. The zero-order valence-electron chi connectivity index (χ0n) is 13.8. The number of hydrazine groups is 1. The number of amides is 3. The van der Waals surface area contributed by atoms with Crippen LogP contribution in [0.25, 0.3) is 0 Å². The van der Waals surface area contributed by atoms with Crippen LogP contribution in [0.5, 0.6) is 11.5 Å². The van der Waals surface area contributed by atoms with Gasteiger partial charge < -0.3 is 14.8 Å². The van der Waals surface area contributed by atoms with Crippen molar-refractivity contribution in [2.75, 3.05) is 19.5 Å². The number of hydrogen-bond donors (Lipinski definition) is 3. The average Bonchev–Trinajstić information content (AvgIpc) is 2.60. The summed E-state index contributed by atoms with van der Waals surface area (Å²) >= 11 is 0. The summed E-state index contributed by atoms with van der Waals surface area (Å²) in [5.74, 6) is 0.153. The highest BCUT2D eigenvalue weighted by Crippen LogP contribution is 2.27. The molecule has 0 aliphatic rings. The van der Waals surface area contributed by atoms with Crippen LogP contribution >= 0.6 is 0 Å². The van der Waals surface area contributed by atoms with Crippen LogP contribution in [0, 0.1) is 5.82 Å². The van der Waals surface area contributed by atoms with E-state index in [1.54, 1.807) is 18.2 Å². The molecule has 0 aliphatic carbocycles. The summed E-state index contributed by atoms with van der Waals surface area (Å²) < 4.78 is 23.3. The van der Waals surface area contributed by atoms with Crippen LogP contribution in [0.15, 0.2) is 42.5 Å². The molecule has 0 saturated heterocycles. The van der Waals surface area contributed by atoms with Gasteiger partial charge in [-0.05, 0) is 35.9 Å². The third-order valence-corrected chi connectivity index (χ3v) is 3.21. The van der Waals surface area contributed by atoms with Crippen molar-refractivity contribution >= 4 is 17.6 Å². The first-order valence-corrected chi connectivity index (χ1v) is 7.34. The Bertz CT molecular complexity index is 767. The number of halogens is 1. The summed E-state index contributed by atoms with van der Waals surface area (Å²) in [7, 11) is 3.02. The normalized spacial score (nSPS) is 9.88. The lowest BCUT2D eigenvalue weighted by atomic mass is 10.1. The summed E-state index contributed by atoms with van der Waals surface area (Å²) in [4.78, 5) is 23.6. The number of benzene rings is 2. The van der Waals surface area contributed by atoms with Crippen molar-refractivity contribution in [1.29, 1.82) is 0 Å². The van der Waals surface area contributed by atoms with Gasteiger partial charge in [0.15, 0.2) is 11.5 Å². The largest absolute Gasteiger partial charge is 0.493 e. The molecule has 0 unspecified atom stereocenters. The highest BCUT2D eigenvalue weighted by molar-refractivity contribution is 5.91. The molecule has 25 heavy (non-hydrogen) atoms. The van der Waals surface area contributed by atoms with Crippen molar-refractivity contribution in [3.8, 4) is 11.5 Å². The first kappa shape index (κ1) is 18.1. The Morgan fingerprint density at radius 3 is 2.44 bits per heavy atom. The van der Waals surface area contributed by atoms with Gasteiger partial charge in [-0.25, -0.2) is 14.6 Å². The zero-order chi connectivity index (χ0) is 18.2. The van der Waals surface area contributed by atoms with Crippen LogP contribution in [0.3, 0.4) is 0 Å². The Kier molecular flexibility index (Phi) is 6.16. The lowest BCUT2D eigenvalue weighted by Gasteiger charge is -2.11. The second-order valence-electron chi connectivity index (χ2n) is 5.00. The topological polar surface area (TPSA) is 88.7 Å². The number of ether oxygens (including phenoxy) is 2. The molecule has 0 aromatic heterocycles. The molecule has 2 aromatic rings. The number of urea groups is 1. The number of anilines is 1. The lowest BCUT2D eigenvalue weighted by Crippen LogP contribution is -2.44. The Labute approximate surface area is 144 Å². The zero-order valence-corrected chi connectivity index (χ0v) is 13.8. The molecule has 132 valence electrons. The van der Waals surface area contributed by atoms with Crippen LogP contribution < -0.4 is 25.6 Å². The number of rotatable bonds is 5. The second kappa shape index (κ2) is 8.53. The minimum atomic E-state index is -0.689. The summed E-state index contributed by atoms with van der Waals surface area (Å²) in [6.45, 7) is 0. The molecule has 7 nitrogen and oxygen atoms in total. The van der Waals surface area contributed by atoms with E-state index in [0.717, 1.165) is 6.07 Å². The smallest absolute Gasteiger partial charge is 0.337 e. The Hall–Kier alpha value is -3.29. The summed E-state index contributed by atoms with van der Waals surface area (Å²) in [6, 6.07) is 9.78. The van der Waals surface area contributed by atoms with Gasteiger partial charge in [-0.15, -0.1) is 0 Å². The molecule has 0 atom stereocenters. The molecular formula is C17H18FN3O4. The van der Waals surface area contributed by atoms with Crippen molar-refractivity contribution in [3.63, 3.8) is 0 Å². The van der Waals surface area contributed by atoms with E-state index in [1.165, 1.54) is 32.4 Å². The van der Waals surface area contributed by atoms with Crippen LogP contribution in [0.2, 0.25) is 0 Å². The van der Waals surface area contributed by atoms with E-state index < -0.39 is 17.8 Å². The minimum absolute atomic E-state index is 0.0284. The van der Waals surface area contributed by atoms with Gasteiger partial charge in [0, 0.05) is 5.69 Å². The Morgan fingerprint density at radius 2 is 1.76 bits per heavy atom. The molecule has 0 fully saturated rings. The third-order valence-electron chi connectivity index (χ3n) is 3.21. The van der Waals surface area contributed by atoms with Gasteiger partial charge in [-0.3, -0.25) is 10.2 Å². The van der Waals surface area contributed by atoms with Crippen molar-refractivity contribution in [2.45, 2.75) is 6.42 Å². The molecule has 8 heteroatoms. The van der Waals surface area contributed by atoms with Crippen molar-refractivity contribution in [2.24, 2.45) is 0 Å². The average molecular weight is 347 g/mol. The van der Waals surface area contributed by atoms with Gasteiger partial charge in [0.2, 0.25) is 5.91 Å². The molecule has 0 spiro atoms. The van der Waals surface area contributed by atoms with Crippen molar-refractivity contribution in [1.82, 2.24) is 10.9 Å². The summed E-state index contributed by atoms with van der Waals surface area (Å²) in [6.07, 6.45) is 0.0284. The monoisotopic (exact) mass is 347 g/mol. The molecule has 3 amide bonds. The molecule has 0 aliphatic heterocycles. The van der Waals surface area contributed by atoms with Crippen molar-refractivity contribution < 1.29 is 23.5 Å². The predicted octanol–water partition coefficient (Wildman–Crippen LogP) is 2.24. The molecule has 2 aromatic carbocycles. The predicted molar refractivity (Wildman–Crippen MR) is 89.9 cm³/mol. The SMILES string of the molecule is COc1ccc(CC(=O)NNC(=O)Nc2cccc(F)c2)cc1OC. The number of methoxy groups -OCH3 is 2. The summed E-state index contributed by atoms with van der Waals surface area (Å²) in [5, 5.41) is 2.39. The molecule has 0 bridgehead atoms. The molecule has 2 rings (SSSR count). The number of nitrogens with one attached hydrogen (secondary N) is 3. The van der Waals surface area contributed by atoms with Gasteiger partial charge >= 0.3 is 6.03 Å². The molecule has 0 radical (unpaired) electrons. The fraction of sp³-hybridized carbons (Fsp3) is 0.176. The van der Waals surface area contributed by atoms with Crippen LogP contribution in [-0.4, -0.2) is 26.2 Å². The quantitative estimate of drug-likeness (QED) is 0.724. The van der Waals surface area contributed by atoms with Gasteiger partial charge in [-0.1, -0.05) is 12.1 Å². The highest BCUT2D eigenvalue weighted by atomic mass is 19.1. The maximum Gasteiger partial charge on any atom is 0.337 e. The second-order valence-corrected chi connectivity index (χ2v) is 5.00. The third kappa shape index (κ3) is 5.38. The molecule has 0 heterocycles. The fourth-order valence-corrected chi connectivity index (χ4v) is 2.08. The van der Waals surface area contributed by atoms with E-state index >= 15 is 0 Å². The van der Waals surface area contributed by atoms with E-state index in [9.17, 15) is 14.0 Å². The first-order valence-electron chi connectivity index (χ1n) is 7.34. The fourth-order valence-electron chi connectivity index (χ4n) is 2.08. The van der Waals surface area contributed by atoms with Crippen LogP contribution in [0.1, 0.15) is 5.56 Å².